The Labute approximate surface area is 88.4 Å². The van der Waals surface area contributed by atoms with E-state index in [1.165, 1.54) is 44.9 Å². The van der Waals surface area contributed by atoms with Gasteiger partial charge >= 0.3 is 0 Å². The van der Waals surface area contributed by atoms with E-state index in [0.717, 1.165) is 17.8 Å². The fourth-order valence-electron chi connectivity index (χ4n) is 3.70. The molecule has 2 rings (SSSR count). The Hall–Kier alpha value is -0.0400. The molecule has 0 heterocycles. The van der Waals surface area contributed by atoms with Crippen molar-refractivity contribution < 1.29 is 0 Å². The highest BCUT2D eigenvalue weighted by Crippen LogP contribution is 2.44. The minimum atomic E-state index is 0.216. The van der Waals surface area contributed by atoms with E-state index < -0.39 is 0 Å². The Morgan fingerprint density at radius 3 is 2.43 bits per heavy atom. The van der Waals surface area contributed by atoms with Crippen molar-refractivity contribution >= 4 is 0 Å². The van der Waals surface area contributed by atoms with Crippen molar-refractivity contribution in [3.63, 3.8) is 0 Å². The third-order valence-corrected chi connectivity index (χ3v) is 4.58. The second-order valence-electron chi connectivity index (χ2n) is 6.05. The Bertz CT molecular complexity index is 201. The van der Waals surface area contributed by atoms with Crippen LogP contribution in [0.15, 0.2) is 0 Å². The molecule has 82 valence electrons. The van der Waals surface area contributed by atoms with Gasteiger partial charge in [-0.15, -0.1) is 0 Å². The molecular formula is C13H25N. The van der Waals surface area contributed by atoms with Gasteiger partial charge in [-0.25, -0.2) is 0 Å². The van der Waals surface area contributed by atoms with E-state index in [1.807, 2.05) is 0 Å². The Morgan fingerprint density at radius 1 is 1.07 bits per heavy atom. The minimum Gasteiger partial charge on any atom is -0.325 e. The third-order valence-electron chi connectivity index (χ3n) is 4.58. The maximum absolute atomic E-state index is 6.59. The first kappa shape index (κ1) is 10.5. The molecule has 0 spiro atoms. The van der Waals surface area contributed by atoms with Crippen molar-refractivity contribution in [1.29, 1.82) is 0 Å². The van der Waals surface area contributed by atoms with Gasteiger partial charge in [-0.05, 0) is 49.9 Å². The summed E-state index contributed by atoms with van der Waals surface area (Å²) in [6.07, 6.45) is 9.56. The second kappa shape index (κ2) is 3.84. The topological polar surface area (TPSA) is 26.0 Å². The largest absolute Gasteiger partial charge is 0.325 e. The summed E-state index contributed by atoms with van der Waals surface area (Å²) in [4.78, 5) is 0. The quantitative estimate of drug-likeness (QED) is 0.682. The molecule has 14 heavy (non-hydrogen) atoms. The summed E-state index contributed by atoms with van der Waals surface area (Å²) >= 11 is 0. The maximum atomic E-state index is 6.59. The van der Waals surface area contributed by atoms with Crippen molar-refractivity contribution in [3.8, 4) is 0 Å². The first-order chi connectivity index (χ1) is 6.60. The molecule has 2 aliphatic rings. The molecule has 2 fully saturated rings. The van der Waals surface area contributed by atoms with Crippen LogP contribution in [-0.4, -0.2) is 5.54 Å². The van der Waals surface area contributed by atoms with E-state index in [9.17, 15) is 0 Å². The lowest BCUT2D eigenvalue weighted by atomic mass is 9.71. The predicted molar refractivity (Wildman–Crippen MR) is 61.1 cm³/mol. The van der Waals surface area contributed by atoms with Crippen LogP contribution in [0.3, 0.4) is 0 Å². The van der Waals surface area contributed by atoms with E-state index in [0.29, 0.717) is 0 Å². The lowest BCUT2D eigenvalue weighted by Gasteiger charge is -2.39. The first-order valence-corrected chi connectivity index (χ1v) is 6.39. The van der Waals surface area contributed by atoms with Gasteiger partial charge in [0.15, 0.2) is 0 Å². The van der Waals surface area contributed by atoms with Crippen LogP contribution in [0.1, 0.15) is 58.8 Å². The van der Waals surface area contributed by atoms with Gasteiger partial charge in [0.25, 0.3) is 0 Å². The van der Waals surface area contributed by atoms with Crippen molar-refractivity contribution in [2.45, 2.75) is 64.3 Å². The zero-order chi connectivity index (χ0) is 10.2. The molecule has 0 saturated heterocycles. The molecule has 1 nitrogen and oxygen atoms in total. The average Bonchev–Trinajstić information content (AvgIpc) is 2.48. The molecule has 2 N–H and O–H groups in total. The molecule has 4 unspecified atom stereocenters. The highest BCUT2D eigenvalue weighted by molar-refractivity contribution is 4.98. The molecule has 0 aromatic carbocycles. The van der Waals surface area contributed by atoms with Gasteiger partial charge in [0, 0.05) is 5.54 Å². The third kappa shape index (κ3) is 1.98. The summed E-state index contributed by atoms with van der Waals surface area (Å²) in [6.45, 7) is 4.76. The summed E-state index contributed by atoms with van der Waals surface area (Å²) in [6, 6.07) is 0. The number of hydrogen-bond donors (Lipinski definition) is 1. The molecular weight excluding hydrogens is 170 g/mol. The second-order valence-corrected chi connectivity index (χ2v) is 6.05. The number of nitrogens with two attached hydrogens (primary N) is 1. The van der Waals surface area contributed by atoms with Gasteiger partial charge in [0.1, 0.15) is 0 Å². The van der Waals surface area contributed by atoms with Gasteiger partial charge in [-0.1, -0.05) is 26.7 Å². The lowest BCUT2D eigenvalue weighted by molar-refractivity contribution is 0.171. The molecule has 0 aromatic rings. The fraction of sp³-hybridized carbons (Fsp3) is 1.00. The average molecular weight is 195 g/mol. The highest BCUT2D eigenvalue weighted by atomic mass is 14.8. The summed E-state index contributed by atoms with van der Waals surface area (Å²) in [5.74, 6) is 2.62. The fourth-order valence-corrected chi connectivity index (χ4v) is 3.70. The van der Waals surface area contributed by atoms with E-state index in [4.69, 9.17) is 5.73 Å². The molecule has 0 radical (unpaired) electrons. The molecule has 0 aliphatic heterocycles. The normalized spacial score (nSPS) is 49.5. The van der Waals surface area contributed by atoms with Gasteiger partial charge in [-0.3, -0.25) is 0 Å². The summed E-state index contributed by atoms with van der Waals surface area (Å²) in [5.41, 5.74) is 6.80. The smallest absolute Gasteiger partial charge is 0.0185 e. The monoisotopic (exact) mass is 195 g/mol. The lowest BCUT2D eigenvalue weighted by Crippen LogP contribution is -2.46. The Balaban J connectivity index is 1.99. The van der Waals surface area contributed by atoms with Crippen LogP contribution in [0.2, 0.25) is 0 Å². The first-order valence-electron chi connectivity index (χ1n) is 6.39. The number of hydrogen-bond acceptors (Lipinski definition) is 1. The van der Waals surface area contributed by atoms with Crippen LogP contribution in [0.25, 0.3) is 0 Å². The highest BCUT2D eigenvalue weighted by Gasteiger charge is 2.41. The zero-order valence-electron chi connectivity index (χ0n) is 9.76. The van der Waals surface area contributed by atoms with E-state index >= 15 is 0 Å². The Morgan fingerprint density at radius 2 is 1.86 bits per heavy atom. The van der Waals surface area contributed by atoms with Crippen molar-refractivity contribution in [2.24, 2.45) is 23.5 Å². The maximum Gasteiger partial charge on any atom is 0.0185 e. The van der Waals surface area contributed by atoms with E-state index in [2.05, 4.69) is 13.8 Å². The summed E-state index contributed by atoms with van der Waals surface area (Å²) < 4.78 is 0. The standard InChI is InChI=1S/C13H25N/c1-10-4-3-5-12(8-10)13(14)7-6-11(2)9-13/h10-12H,3-9,14H2,1-2H3. The molecule has 0 amide bonds. The summed E-state index contributed by atoms with van der Waals surface area (Å²) in [5, 5.41) is 0. The van der Waals surface area contributed by atoms with Gasteiger partial charge in [0.2, 0.25) is 0 Å². The van der Waals surface area contributed by atoms with Crippen molar-refractivity contribution in [2.75, 3.05) is 0 Å². The predicted octanol–water partition coefficient (Wildman–Crippen LogP) is 3.33. The van der Waals surface area contributed by atoms with E-state index in [-0.39, 0.29) is 5.54 Å². The molecule has 2 aliphatic carbocycles. The summed E-state index contributed by atoms with van der Waals surface area (Å²) in [7, 11) is 0. The van der Waals surface area contributed by atoms with Crippen LogP contribution in [0.4, 0.5) is 0 Å². The van der Waals surface area contributed by atoms with Crippen LogP contribution in [0.5, 0.6) is 0 Å². The van der Waals surface area contributed by atoms with Crippen molar-refractivity contribution in [3.05, 3.63) is 0 Å². The minimum absolute atomic E-state index is 0.216. The van der Waals surface area contributed by atoms with Gasteiger partial charge < -0.3 is 5.73 Å². The molecule has 2 saturated carbocycles. The van der Waals surface area contributed by atoms with Crippen LogP contribution >= 0.6 is 0 Å². The Kier molecular flexibility index (Phi) is 2.88. The zero-order valence-corrected chi connectivity index (χ0v) is 9.76. The van der Waals surface area contributed by atoms with E-state index in [1.54, 1.807) is 0 Å². The van der Waals surface area contributed by atoms with Gasteiger partial charge in [0.05, 0.1) is 0 Å². The van der Waals surface area contributed by atoms with Crippen molar-refractivity contribution in [1.82, 2.24) is 0 Å². The molecule has 4 atom stereocenters. The number of rotatable bonds is 1. The van der Waals surface area contributed by atoms with Crippen LogP contribution in [-0.2, 0) is 0 Å². The molecule has 0 bridgehead atoms. The van der Waals surface area contributed by atoms with Gasteiger partial charge in [-0.2, -0.15) is 0 Å². The molecule has 1 heteroatoms. The molecule has 0 aromatic heterocycles. The SMILES string of the molecule is CC1CCCC(C2(N)CCC(C)C2)C1. The van der Waals surface area contributed by atoms with Crippen LogP contribution in [0, 0.1) is 17.8 Å². The van der Waals surface area contributed by atoms with Crippen LogP contribution < -0.4 is 5.73 Å².